The quantitative estimate of drug-likeness (QED) is 0.837. The van der Waals surface area contributed by atoms with Gasteiger partial charge in [0.15, 0.2) is 0 Å². The van der Waals surface area contributed by atoms with Gasteiger partial charge in [-0.05, 0) is 60.8 Å². The Morgan fingerprint density at radius 2 is 2.23 bits per heavy atom. The van der Waals surface area contributed by atoms with Crippen LogP contribution in [0.2, 0.25) is 0 Å². The van der Waals surface area contributed by atoms with E-state index in [9.17, 15) is 5.11 Å². The number of thioether (sulfide) groups is 1. The SMILES string of the molecule is C=C[C@@H]1CC[C@H]2[C@@H]3CCc4ccc(OC)cc4[C@@H]3SC[C@@]12O. The minimum absolute atomic E-state index is 0.276. The van der Waals surface area contributed by atoms with Crippen molar-refractivity contribution < 1.29 is 9.84 Å². The number of rotatable bonds is 2. The van der Waals surface area contributed by atoms with Crippen LogP contribution in [0.15, 0.2) is 30.9 Å². The molecule has 1 heterocycles. The normalized spacial score (nSPS) is 39.5. The smallest absolute Gasteiger partial charge is 0.119 e. The molecule has 0 spiro atoms. The summed E-state index contributed by atoms with van der Waals surface area (Å²) in [4.78, 5) is 0. The van der Waals surface area contributed by atoms with Gasteiger partial charge in [0.2, 0.25) is 0 Å². The van der Waals surface area contributed by atoms with Crippen LogP contribution in [0.4, 0.5) is 0 Å². The van der Waals surface area contributed by atoms with Crippen LogP contribution in [0.1, 0.15) is 35.6 Å². The minimum atomic E-state index is -0.524. The summed E-state index contributed by atoms with van der Waals surface area (Å²) in [5.74, 6) is 3.09. The van der Waals surface area contributed by atoms with Crippen LogP contribution >= 0.6 is 11.8 Å². The van der Waals surface area contributed by atoms with E-state index in [0.29, 0.717) is 17.1 Å². The highest BCUT2D eigenvalue weighted by atomic mass is 32.2. The Bertz CT molecular complexity index is 599. The first-order chi connectivity index (χ1) is 10.7. The number of hydrogen-bond donors (Lipinski definition) is 1. The van der Waals surface area contributed by atoms with E-state index in [0.717, 1.165) is 30.8 Å². The highest BCUT2D eigenvalue weighted by Crippen LogP contribution is 2.60. The maximum atomic E-state index is 11.2. The first-order valence-electron chi connectivity index (χ1n) is 8.30. The predicted molar refractivity (Wildman–Crippen MR) is 91.4 cm³/mol. The molecule has 1 saturated carbocycles. The molecule has 1 N–H and O–H groups in total. The molecule has 0 amide bonds. The van der Waals surface area contributed by atoms with Crippen molar-refractivity contribution >= 4 is 11.8 Å². The van der Waals surface area contributed by atoms with Gasteiger partial charge in [-0.2, -0.15) is 11.8 Å². The van der Waals surface area contributed by atoms with Gasteiger partial charge in [0.1, 0.15) is 5.75 Å². The summed E-state index contributed by atoms with van der Waals surface area (Å²) in [6.07, 6.45) is 6.56. The Hall–Kier alpha value is -0.930. The molecule has 1 aromatic rings. The fourth-order valence-corrected chi connectivity index (χ4v) is 6.85. The zero-order valence-corrected chi connectivity index (χ0v) is 13.9. The molecule has 118 valence electrons. The van der Waals surface area contributed by atoms with Crippen LogP contribution in [-0.4, -0.2) is 23.6 Å². The van der Waals surface area contributed by atoms with Gasteiger partial charge in [0.05, 0.1) is 12.7 Å². The second-order valence-electron chi connectivity index (χ2n) is 7.02. The van der Waals surface area contributed by atoms with E-state index >= 15 is 0 Å². The van der Waals surface area contributed by atoms with Gasteiger partial charge >= 0.3 is 0 Å². The fourth-order valence-electron chi connectivity index (χ4n) is 5.00. The van der Waals surface area contributed by atoms with Crippen molar-refractivity contribution in [2.45, 2.75) is 36.5 Å². The lowest BCUT2D eigenvalue weighted by Crippen LogP contribution is -2.50. The summed E-state index contributed by atoms with van der Waals surface area (Å²) in [5.41, 5.74) is 2.40. The lowest BCUT2D eigenvalue weighted by molar-refractivity contribution is -0.0301. The summed E-state index contributed by atoms with van der Waals surface area (Å²) < 4.78 is 5.43. The van der Waals surface area contributed by atoms with Crippen molar-refractivity contribution in [1.29, 1.82) is 0 Å². The summed E-state index contributed by atoms with van der Waals surface area (Å²) in [7, 11) is 1.74. The van der Waals surface area contributed by atoms with Crippen LogP contribution in [0, 0.1) is 17.8 Å². The molecule has 0 aromatic heterocycles. The third kappa shape index (κ3) is 1.98. The maximum Gasteiger partial charge on any atom is 0.119 e. The van der Waals surface area contributed by atoms with Crippen LogP contribution in [0.3, 0.4) is 0 Å². The Morgan fingerprint density at radius 1 is 1.36 bits per heavy atom. The largest absolute Gasteiger partial charge is 0.497 e. The Balaban J connectivity index is 1.70. The van der Waals surface area contributed by atoms with E-state index in [2.05, 4.69) is 24.8 Å². The van der Waals surface area contributed by atoms with Crippen molar-refractivity contribution in [3.8, 4) is 5.75 Å². The molecular formula is C19H24O2S. The molecule has 1 saturated heterocycles. The Kier molecular flexibility index (Phi) is 3.54. The Labute approximate surface area is 136 Å². The van der Waals surface area contributed by atoms with Gasteiger partial charge in [-0.25, -0.2) is 0 Å². The zero-order chi connectivity index (χ0) is 15.3. The number of fused-ring (bicyclic) bond motifs is 5. The second-order valence-corrected chi connectivity index (χ2v) is 8.15. The van der Waals surface area contributed by atoms with E-state index in [-0.39, 0.29) is 5.92 Å². The summed E-state index contributed by atoms with van der Waals surface area (Å²) in [6, 6.07) is 6.53. The summed E-state index contributed by atoms with van der Waals surface area (Å²) >= 11 is 1.95. The third-order valence-corrected chi connectivity index (χ3v) is 7.76. The van der Waals surface area contributed by atoms with Gasteiger partial charge < -0.3 is 9.84 Å². The van der Waals surface area contributed by atoms with Crippen molar-refractivity contribution in [2.75, 3.05) is 12.9 Å². The van der Waals surface area contributed by atoms with Gasteiger partial charge in [0, 0.05) is 16.9 Å². The molecule has 2 aliphatic carbocycles. The number of benzene rings is 1. The van der Waals surface area contributed by atoms with Crippen molar-refractivity contribution in [2.24, 2.45) is 17.8 Å². The molecule has 2 fully saturated rings. The van der Waals surface area contributed by atoms with Crippen LogP contribution in [0.5, 0.6) is 5.75 Å². The highest BCUT2D eigenvalue weighted by Gasteiger charge is 2.56. The molecule has 3 aliphatic rings. The van der Waals surface area contributed by atoms with E-state index in [1.165, 1.54) is 17.5 Å². The molecule has 0 unspecified atom stereocenters. The molecule has 22 heavy (non-hydrogen) atoms. The number of methoxy groups -OCH3 is 1. The van der Waals surface area contributed by atoms with E-state index in [4.69, 9.17) is 4.74 Å². The lowest BCUT2D eigenvalue weighted by Gasteiger charge is -2.49. The Morgan fingerprint density at radius 3 is 3.00 bits per heavy atom. The number of ether oxygens (including phenoxy) is 1. The highest BCUT2D eigenvalue weighted by molar-refractivity contribution is 7.99. The molecule has 3 heteroatoms. The second kappa shape index (κ2) is 5.31. The third-order valence-electron chi connectivity index (χ3n) is 6.16. The summed E-state index contributed by atoms with van der Waals surface area (Å²) in [6.45, 7) is 3.96. The van der Waals surface area contributed by atoms with E-state index in [1.807, 2.05) is 17.8 Å². The molecule has 1 aliphatic heterocycles. The lowest BCUT2D eigenvalue weighted by atomic mass is 9.70. The fraction of sp³-hybridized carbons (Fsp3) is 0.579. The van der Waals surface area contributed by atoms with Gasteiger partial charge in [0.25, 0.3) is 0 Å². The first kappa shape index (κ1) is 14.6. The van der Waals surface area contributed by atoms with E-state index in [1.54, 1.807) is 7.11 Å². The van der Waals surface area contributed by atoms with Crippen molar-refractivity contribution in [3.05, 3.63) is 42.0 Å². The minimum Gasteiger partial charge on any atom is -0.497 e. The number of aryl methyl sites for hydroxylation is 1. The number of hydrogen-bond acceptors (Lipinski definition) is 3. The van der Waals surface area contributed by atoms with Crippen LogP contribution in [0.25, 0.3) is 0 Å². The molecular weight excluding hydrogens is 292 g/mol. The topological polar surface area (TPSA) is 29.5 Å². The molecule has 1 aromatic carbocycles. The van der Waals surface area contributed by atoms with E-state index < -0.39 is 5.60 Å². The van der Waals surface area contributed by atoms with Gasteiger partial charge in [-0.1, -0.05) is 12.1 Å². The molecule has 2 nitrogen and oxygen atoms in total. The first-order valence-corrected chi connectivity index (χ1v) is 9.35. The maximum absolute atomic E-state index is 11.2. The van der Waals surface area contributed by atoms with Crippen molar-refractivity contribution in [1.82, 2.24) is 0 Å². The number of aliphatic hydroxyl groups is 1. The average molecular weight is 316 g/mol. The van der Waals surface area contributed by atoms with Crippen LogP contribution < -0.4 is 4.74 Å². The van der Waals surface area contributed by atoms with Gasteiger partial charge in [-0.15, -0.1) is 6.58 Å². The molecule has 0 bridgehead atoms. The van der Waals surface area contributed by atoms with Crippen molar-refractivity contribution in [3.63, 3.8) is 0 Å². The monoisotopic (exact) mass is 316 g/mol. The zero-order valence-electron chi connectivity index (χ0n) is 13.1. The van der Waals surface area contributed by atoms with Gasteiger partial charge in [-0.3, -0.25) is 0 Å². The van der Waals surface area contributed by atoms with Crippen LogP contribution in [-0.2, 0) is 6.42 Å². The summed E-state index contributed by atoms with van der Waals surface area (Å²) in [5, 5.41) is 11.8. The average Bonchev–Trinajstić information content (AvgIpc) is 2.90. The molecule has 5 atom stereocenters. The predicted octanol–water partition coefficient (Wildman–Crippen LogP) is 3.99. The molecule has 0 radical (unpaired) electrons. The standard InChI is InChI=1S/C19H24O2S/c1-3-13-6-9-17-15-8-5-12-4-7-14(21-2)10-16(12)18(15)22-11-19(13,17)20/h3-4,7,10,13,15,17-18,20H,1,5-6,8-9,11H2,2H3/t13-,15+,17+,18-,19-/m1/s1. The molecule has 4 rings (SSSR count).